The molecule has 0 saturated carbocycles. The standard InChI is InChI=1S/C14H20N2O2/c1-15-5-7-16(8-6-15)12-3-4-13-14(11-12)18-10-2-9-17-13/h3-4,11H,2,5-10H2,1H3. The van der Waals surface area contributed by atoms with Crippen molar-refractivity contribution < 1.29 is 9.47 Å². The largest absolute Gasteiger partial charge is 0.490 e. The molecule has 0 unspecified atom stereocenters. The average Bonchev–Trinajstić information content (AvgIpc) is 2.64. The van der Waals surface area contributed by atoms with Gasteiger partial charge in [0.1, 0.15) is 0 Å². The number of hydrogen-bond donors (Lipinski definition) is 0. The fourth-order valence-corrected chi connectivity index (χ4v) is 2.41. The van der Waals surface area contributed by atoms with E-state index in [2.05, 4.69) is 29.0 Å². The monoisotopic (exact) mass is 248 g/mol. The van der Waals surface area contributed by atoms with Crippen molar-refractivity contribution in [3.05, 3.63) is 18.2 Å². The molecule has 18 heavy (non-hydrogen) atoms. The Balaban J connectivity index is 1.79. The van der Waals surface area contributed by atoms with Gasteiger partial charge in [0.25, 0.3) is 0 Å². The lowest BCUT2D eigenvalue weighted by molar-refractivity contribution is 0.297. The fraction of sp³-hybridized carbons (Fsp3) is 0.571. The second-order valence-electron chi connectivity index (χ2n) is 4.97. The molecule has 4 nitrogen and oxygen atoms in total. The van der Waals surface area contributed by atoms with Gasteiger partial charge in [0.2, 0.25) is 0 Å². The van der Waals surface area contributed by atoms with Crippen LogP contribution in [0.2, 0.25) is 0 Å². The van der Waals surface area contributed by atoms with E-state index < -0.39 is 0 Å². The average molecular weight is 248 g/mol. The minimum absolute atomic E-state index is 0.749. The van der Waals surface area contributed by atoms with Crippen LogP contribution in [0.5, 0.6) is 11.5 Å². The van der Waals surface area contributed by atoms with Gasteiger partial charge in [-0.1, -0.05) is 0 Å². The summed E-state index contributed by atoms with van der Waals surface area (Å²) in [5.74, 6) is 1.77. The quantitative estimate of drug-likeness (QED) is 0.753. The van der Waals surface area contributed by atoms with Crippen molar-refractivity contribution >= 4 is 5.69 Å². The SMILES string of the molecule is CN1CCN(c2ccc3c(c2)OCCCO3)CC1. The molecule has 1 aromatic carbocycles. The van der Waals surface area contributed by atoms with Crippen molar-refractivity contribution in [1.29, 1.82) is 0 Å². The van der Waals surface area contributed by atoms with E-state index in [0.29, 0.717) is 0 Å². The molecule has 2 aliphatic rings. The summed E-state index contributed by atoms with van der Waals surface area (Å²) < 4.78 is 11.4. The lowest BCUT2D eigenvalue weighted by Gasteiger charge is -2.34. The van der Waals surface area contributed by atoms with Gasteiger partial charge in [0.15, 0.2) is 11.5 Å². The van der Waals surface area contributed by atoms with Crippen LogP contribution in [0.1, 0.15) is 6.42 Å². The van der Waals surface area contributed by atoms with Crippen LogP contribution in [0.4, 0.5) is 5.69 Å². The molecule has 2 heterocycles. The number of benzene rings is 1. The van der Waals surface area contributed by atoms with E-state index in [-0.39, 0.29) is 0 Å². The highest BCUT2D eigenvalue weighted by atomic mass is 16.5. The summed E-state index contributed by atoms with van der Waals surface area (Å²) in [6, 6.07) is 6.29. The molecule has 0 amide bonds. The topological polar surface area (TPSA) is 24.9 Å². The van der Waals surface area contributed by atoms with Crippen molar-refractivity contribution in [1.82, 2.24) is 4.90 Å². The molecule has 0 atom stereocenters. The highest BCUT2D eigenvalue weighted by molar-refractivity contribution is 5.56. The normalized spacial score (nSPS) is 20.6. The van der Waals surface area contributed by atoms with Crippen LogP contribution in [0.15, 0.2) is 18.2 Å². The molecule has 2 aliphatic heterocycles. The first kappa shape index (κ1) is 11.7. The van der Waals surface area contributed by atoms with Gasteiger partial charge in [0, 0.05) is 44.4 Å². The van der Waals surface area contributed by atoms with Crippen molar-refractivity contribution in [2.24, 2.45) is 0 Å². The highest BCUT2D eigenvalue weighted by Crippen LogP contribution is 2.33. The van der Waals surface area contributed by atoms with E-state index in [1.165, 1.54) is 5.69 Å². The van der Waals surface area contributed by atoms with Crippen molar-refractivity contribution in [3.8, 4) is 11.5 Å². The molecule has 0 radical (unpaired) electrons. The summed E-state index contributed by atoms with van der Waals surface area (Å²) in [4.78, 5) is 4.77. The Bertz CT molecular complexity index is 414. The van der Waals surface area contributed by atoms with Crippen LogP contribution >= 0.6 is 0 Å². The van der Waals surface area contributed by atoms with Gasteiger partial charge in [-0.05, 0) is 19.2 Å². The maximum absolute atomic E-state index is 5.74. The molecule has 4 heteroatoms. The third kappa shape index (κ3) is 2.38. The van der Waals surface area contributed by atoms with Gasteiger partial charge >= 0.3 is 0 Å². The predicted molar refractivity (Wildman–Crippen MR) is 71.8 cm³/mol. The number of fused-ring (bicyclic) bond motifs is 1. The van der Waals surface area contributed by atoms with Crippen molar-refractivity contribution in [2.45, 2.75) is 6.42 Å². The second kappa shape index (κ2) is 5.06. The number of likely N-dealkylation sites (N-methyl/N-ethyl adjacent to an activating group) is 1. The smallest absolute Gasteiger partial charge is 0.163 e. The van der Waals surface area contributed by atoms with Crippen LogP contribution in [-0.4, -0.2) is 51.3 Å². The number of rotatable bonds is 1. The molecule has 0 spiro atoms. The van der Waals surface area contributed by atoms with Gasteiger partial charge in [-0.15, -0.1) is 0 Å². The van der Waals surface area contributed by atoms with E-state index in [4.69, 9.17) is 9.47 Å². The van der Waals surface area contributed by atoms with Crippen LogP contribution < -0.4 is 14.4 Å². The summed E-state index contributed by atoms with van der Waals surface area (Å²) in [5, 5.41) is 0. The van der Waals surface area contributed by atoms with Crippen LogP contribution in [0.3, 0.4) is 0 Å². The molecular weight excluding hydrogens is 228 g/mol. The van der Waals surface area contributed by atoms with E-state index >= 15 is 0 Å². The molecule has 0 aliphatic carbocycles. The Labute approximate surface area is 108 Å². The summed E-state index contributed by atoms with van der Waals surface area (Å²) in [6.45, 7) is 5.90. The Morgan fingerprint density at radius 3 is 2.44 bits per heavy atom. The maximum atomic E-state index is 5.74. The molecular formula is C14H20N2O2. The first-order valence-electron chi connectivity index (χ1n) is 6.66. The van der Waals surface area contributed by atoms with Gasteiger partial charge < -0.3 is 19.3 Å². The third-order valence-electron chi connectivity index (χ3n) is 3.60. The molecule has 0 aromatic heterocycles. The minimum Gasteiger partial charge on any atom is -0.490 e. The lowest BCUT2D eigenvalue weighted by atomic mass is 10.2. The molecule has 1 saturated heterocycles. The van der Waals surface area contributed by atoms with E-state index in [1.807, 2.05) is 6.07 Å². The Kier molecular flexibility index (Phi) is 3.28. The molecule has 1 fully saturated rings. The number of piperazine rings is 1. The summed E-state index contributed by atoms with van der Waals surface area (Å²) in [5.41, 5.74) is 1.24. The zero-order valence-electron chi connectivity index (χ0n) is 10.9. The van der Waals surface area contributed by atoms with E-state index in [1.54, 1.807) is 0 Å². The van der Waals surface area contributed by atoms with Gasteiger partial charge in [-0.2, -0.15) is 0 Å². The molecule has 0 bridgehead atoms. The van der Waals surface area contributed by atoms with Gasteiger partial charge in [-0.25, -0.2) is 0 Å². The summed E-state index contributed by atoms with van der Waals surface area (Å²) >= 11 is 0. The lowest BCUT2D eigenvalue weighted by Crippen LogP contribution is -2.44. The number of ether oxygens (including phenoxy) is 2. The summed E-state index contributed by atoms with van der Waals surface area (Å²) in [6.07, 6.45) is 0.957. The molecule has 98 valence electrons. The Morgan fingerprint density at radius 2 is 1.67 bits per heavy atom. The van der Waals surface area contributed by atoms with Crippen molar-refractivity contribution in [3.63, 3.8) is 0 Å². The van der Waals surface area contributed by atoms with Gasteiger partial charge in [-0.3, -0.25) is 0 Å². The zero-order valence-corrected chi connectivity index (χ0v) is 10.9. The maximum Gasteiger partial charge on any atom is 0.163 e. The number of anilines is 1. The third-order valence-corrected chi connectivity index (χ3v) is 3.60. The Morgan fingerprint density at radius 1 is 0.944 bits per heavy atom. The Hall–Kier alpha value is -1.42. The zero-order chi connectivity index (χ0) is 12.4. The van der Waals surface area contributed by atoms with E-state index in [0.717, 1.165) is 57.3 Å². The van der Waals surface area contributed by atoms with Crippen LogP contribution in [0.25, 0.3) is 0 Å². The number of nitrogens with zero attached hydrogens (tertiary/aromatic N) is 2. The molecule has 3 rings (SSSR count). The van der Waals surface area contributed by atoms with E-state index in [9.17, 15) is 0 Å². The predicted octanol–water partition coefficient (Wildman–Crippen LogP) is 1.60. The first-order chi connectivity index (χ1) is 8.83. The second-order valence-corrected chi connectivity index (χ2v) is 4.97. The first-order valence-corrected chi connectivity index (χ1v) is 6.66. The highest BCUT2D eigenvalue weighted by Gasteiger charge is 2.17. The van der Waals surface area contributed by atoms with Crippen molar-refractivity contribution in [2.75, 3.05) is 51.3 Å². The van der Waals surface area contributed by atoms with Gasteiger partial charge in [0.05, 0.1) is 13.2 Å². The molecule has 0 N–H and O–H groups in total. The van der Waals surface area contributed by atoms with Crippen LogP contribution in [0, 0.1) is 0 Å². The fourth-order valence-electron chi connectivity index (χ4n) is 2.41. The number of hydrogen-bond acceptors (Lipinski definition) is 4. The molecule has 1 aromatic rings. The summed E-state index contributed by atoms with van der Waals surface area (Å²) in [7, 11) is 2.17. The van der Waals surface area contributed by atoms with Crippen LogP contribution in [-0.2, 0) is 0 Å². The minimum atomic E-state index is 0.749.